The number of nitrogens with zero attached hydrogens (tertiary/aromatic N) is 3. The van der Waals surface area contributed by atoms with E-state index in [-0.39, 0.29) is 55.4 Å². The Bertz CT molecular complexity index is 2350. The Hall–Kier alpha value is -5.89. The zero-order chi connectivity index (χ0) is 37.0. The molecule has 0 radical (unpaired) electrons. The number of benzene rings is 3. The topological polar surface area (TPSA) is 166 Å². The summed E-state index contributed by atoms with van der Waals surface area (Å²) >= 11 is 1.34. The van der Waals surface area contributed by atoms with Crippen LogP contribution in [0.2, 0.25) is 0 Å². The predicted molar refractivity (Wildman–Crippen MR) is 195 cm³/mol. The molecule has 4 heterocycles. The number of primary amides is 1. The molecule has 2 fully saturated rings. The van der Waals surface area contributed by atoms with Crippen molar-refractivity contribution in [1.29, 1.82) is 0 Å². The van der Waals surface area contributed by atoms with Gasteiger partial charge >= 0.3 is 0 Å². The summed E-state index contributed by atoms with van der Waals surface area (Å²) in [5.74, 6) is -3.07. The Kier molecular flexibility index (Phi) is 8.77. The van der Waals surface area contributed by atoms with Gasteiger partial charge in [0.2, 0.25) is 23.6 Å². The second-order valence-electron chi connectivity index (χ2n) is 13.6. The molecular weight excluding hydrogens is 700 g/mol. The van der Waals surface area contributed by atoms with Crippen molar-refractivity contribution in [2.24, 2.45) is 11.7 Å². The molecule has 14 heteroatoms. The van der Waals surface area contributed by atoms with Crippen molar-refractivity contribution >= 4 is 57.5 Å². The minimum Gasteiger partial charge on any atom is -0.489 e. The molecule has 1 aliphatic carbocycles. The summed E-state index contributed by atoms with van der Waals surface area (Å²) in [7, 11) is 0. The Morgan fingerprint density at radius 2 is 1.91 bits per heavy atom. The fourth-order valence-corrected chi connectivity index (χ4v) is 8.18. The van der Waals surface area contributed by atoms with Gasteiger partial charge in [-0.1, -0.05) is 12.1 Å². The first-order chi connectivity index (χ1) is 25.5. The van der Waals surface area contributed by atoms with E-state index in [0.29, 0.717) is 34.1 Å². The molecule has 2 aliphatic heterocycles. The maximum atomic E-state index is 14.9. The maximum Gasteiger partial charge on any atom is 0.255 e. The van der Waals surface area contributed by atoms with Crippen molar-refractivity contribution < 1.29 is 33.1 Å². The van der Waals surface area contributed by atoms with Gasteiger partial charge in [0.15, 0.2) is 11.6 Å². The van der Waals surface area contributed by atoms with Crippen molar-refractivity contribution in [2.45, 2.75) is 51.1 Å². The molecule has 270 valence electrons. The zero-order valence-corrected chi connectivity index (χ0v) is 29.5. The number of hydrogen-bond donors (Lipinski definition) is 3. The standard InChI is InChI=1S/C39H35FN6O6S/c1-20-34(24-5-9-29-22(16-24)12-14-45(29)38(50)21-2-3-21)44-37(53-20)33(35(41)48)23-4-8-28(40)31(18-23)52-15-13-42-26-6-7-27-25(17-26)19-46(39(27)51)30-10-11-32(47)43-36(30)49/h4-9,12,14,16-18,21,30,33,42H,2-3,10-11,13,15,19H2,1H3,(H2,41,48)(H,43,47,49). The van der Waals surface area contributed by atoms with Crippen LogP contribution in [0.5, 0.6) is 5.75 Å². The van der Waals surface area contributed by atoms with Gasteiger partial charge in [-0.3, -0.25) is 33.9 Å². The van der Waals surface area contributed by atoms with Crippen LogP contribution in [0.4, 0.5) is 10.1 Å². The number of piperidine rings is 1. The number of rotatable bonds is 11. The Morgan fingerprint density at radius 1 is 1.08 bits per heavy atom. The van der Waals surface area contributed by atoms with E-state index >= 15 is 0 Å². The summed E-state index contributed by atoms with van der Waals surface area (Å²) in [4.78, 5) is 69.7. The lowest BCUT2D eigenvalue weighted by Gasteiger charge is -2.29. The monoisotopic (exact) mass is 734 g/mol. The number of hydrogen-bond acceptors (Lipinski definition) is 9. The number of aryl methyl sites for hydroxylation is 1. The van der Waals surface area contributed by atoms with E-state index in [0.717, 1.165) is 39.7 Å². The molecular formula is C39H35FN6O6S. The van der Waals surface area contributed by atoms with Crippen molar-refractivity contribution in [3.05, 3.63) is 99.3 Å². The number of carbonyl (C=O) groups excluding carboxylic acids is 5. The molecule has 0 spiro atoms. The second-order valence-corrected chi connectivity index (χ2v) is 14.8. The molecule has 2 unspecified atom stereocenters. The fourth-order valence-electron chi connectivity index (χ4n) is 7.10. The predicted octanol–water partition coefficient (Wildman–Crippen LogP) is 5.13. The van der Waals surface area contributed by atoms with Crippen LogP contribution in [0.1, 0.15) is 67.8 Å². The molecule has 4 amide bonds. The highest BCUT2D eigenvalue weighted by Gasteiger charge is 2.39. The average molecular weight is 735 g/mol. The lowest BCUT2D eigenvalue weighted by molar-refractivity contribution is -0.137. The number of nitrogens with one attached hydrogen (secondary N) is 2. The highest BCUT2D eigenvalue weighted by Crippen LogP contribution is 2.38. The van der Waals surface area contributed by atoms with Gasteiger partial charge in [0.25, 0.3) is 5.91 Å². The van der Waals surface area contributed by atoms with Crippen LogP contribution in [0.25, 0.3) is 22.2 Å². The van der Waals surface area contributed by atoms with Gasteiger partial charge in [0.05, 0.1) is 11.2 Å². The number of nitrogens with two attached hydrogens (primary N) is 1. The number of fused-ring (bicyclic) bond motifs is 2. The van der Waals surface area contributed by atoms with Gasteiger partial charge in [-0.25, -0.2) is 9.37 Å². The number of thiazole rings is 1. The van der Waals surface area contributed by atoms with Crippen LogP contribution in [0, 0.1) is 18.7 Å². The molecule has 8 rings (SSSR count). The summed E-state index contributed by atoms with van der Waals surface area (Å²) in [6.45, 7) is 2.54. The van der Waals surface area contributed by atoms with Gasteiger partial charge in [0, 0.05) is 58.7 Å². The van der Waals surface area contributed by atoms with Crippen LogP contribution >= 0.6 is 11.3 Å². The van der Waals surface area contributed by atoms with Crippen LogP contribution in [0.3, 0.4) is 0 Å². The summed E-state index contributed by atoms with van der Waals surface area (Å²) in [5.41, 5.74) is 10.7. The Labute approximate surface area is 307 Å². The quantitative estimate of drug-likeness (QED) is 0.124. The summed E-state index contributed by atoms with van der Waals surface area (Å²) < 4.78 is 22.5. The third kappa shape index (κ3) is 6.54. The lowest BCUT2D eigenvalue weighted by Crippen LogP contribution is -2.52. The van der Waals surface area contributed by atoms with E-state index in [2.05, 4.69) is 10.6 Å². The number of imide groups is 1. The van der Waals surface area contributed by atoms with Crippen LogP contribution in [-0.4, -0.2) is 63.2 Å². The fraction of sp³-hybridized carbons (Fsp3) is 0.282. The summed E-state index contributed by atoms with van der Waals surface area (Å²) in [6.07, 6.45) is 4.12. The summed E-state index contributed by atoms with van der Waals surface area (Å²) in [6, 6.07) is 16.5. The average Bonchev–Trinajstić information content (AvgIpc) is 3.68. The SMILES string of the molecule is Cc1sc(C(C(N)=O)c2ccc(F)c(OCCNc3ccc4c(c3)CN(C3CCC(=O)NC3=O)C4=O)c2)nc1-c1ccc2c(ccn2C(=O)C2CC2)c1. The molecule has 0 bridgehead atoms. The van der Waals surface area contributed by atoms with Crippen molar-refractivity contribution in [3.63, 3.8) is 0 Å². The highest BCUT2D eigenvalue weighted by atomic mass is 32.1. The normalized spacial score (nSPS) is 17.5. The molecule has 3 aromatic carbocycles. The van der Waals surface area contributed by atoms with Gasteiger partial charge < -0.3 is 20.7 Å². The molecule has 4 N–H and O–H groups in total. The number of aromatic nitrogens is 2. The minimum absolute atomic E-state index is 0.0424. The van der Waals surface area contributed by atoms with Gasteiger partial charge in [-0.05, 0) is 85.8 Å². The van der Waals surface area contributed by atoms with Crippen molar-refractivity contribution in [1.82, 2.24) is 19.8 Å². The van der Waals surface area contributed by atoms with Crippen molar-refractivity contribution in [2.75, 3.05) is 18.5 Å². The van der Waals surface area contributed by atoms with Crippen LogP contribution in [-0.2, 0) is 20.9 Å². The number of amides is 4. The van der Waals surface area contributed by atoms with Gasteiger partial charge in [0.1, 0.15) is 23.6 Å². The number of carbonyl (C=O) groups is 5. The number of ether oxygens (including phenoxy) is 1. The minimum atomic E-state index is -0.941. The van der Waals surface area contributed by atoms with Crippen LogP contribution < -0.4 is 21.1 Å². The van der Waals surface area contributed by atoms with Gasteiger partial charge in [-0.2, -0.15) is 0 Å². The third-order valence-corrected chi connectivity index (χ3v) is 11.0. The number of halogens is 1. The molecule has 3 aliphatic rings. The van der Waals surface area contributed by atoms with E-state index in [1.807, 2.05) is 37.3 Å². The van der Waals surface area contributed by atoms with E-state index < -0.39 is 29.6 Å². The molecule has 1 saturated heterocycles. The second kappa shape index (κ2) is 13.6. The zero-order valence-electron chi connectivity index (χ0n) is 28.7. The Balaban J connectivity index is 0.931. The number of anilines is 1. The molecule has 2 atom stereocenters. The van der Waals surface area contributed by atoms with Crippen LogP contribution in [0.15, 0.2) is 66.9 Å². The molecule has 12 nitrogen and oxygen atoms in total. The smallest absolute Gasteiger partial charge is 0.255 e. The van der Waals surface area contributed by atoms with E-state index in [4.69, 9.17) is 15.5 Å². The highest BCUT2D eigenvalue weighted by molar-refractivity contribution is 7.12. The first kappa shape index (κ1) is 34.2. The Morgan fingerprint density at radius 3 is 2.68 bits per heavy atom. The van der Waals surface area contributed by atoms with E-state index in [1.165, 1.54) is 34.4 Å². The van der Waals surface area contributed by atoms with Gasteiger partial charge in [-0.15, -0.1) is 11.3 Å². The first-order valence-corrected chi connectivity index (χ1v) is 18.2. The molecule has 1 saturated carbocycles. The molecule has 53 heavy (non-hydrogen) atoms. The van der Waals surface area contributed by atoms with Crippen molar-refractivity contribution in [3.8, 4) is 17.0 Å². The lowest BCUT2D eigenvalue weighted by atomic mass is 9.98. The summed E-state index contributed by atoms with van der Waals surface area (Å²) in [5, 5.41) is 6.90. The largest absolute Gasteiger partial charge is 0.489 e. The first-order valence-electron chi connectivity index (χ1n) is 17.4. The molecule has 5 aromatic rings. The van der Waals surface area contributed by atoms with E-state index in [1.54, 1.807) is 22.9 Å². The molecule has 2 aromatic heterocycles. The maximum absolute atomic E-state index is 14.9. The van der Waals surface area contributed by atoms with E-state index in [9.17, 15) is 28.4 Å². The third-order valence-electron chi connectivity index (χ3n) is 9.97.